The molecule has 120 valence electrons. The molecule has 1 saturated carbocycles. The van der Waals surface area contributed by atoms with Gasteiger partial charge in [0.2, 0.25) is 11.8 Å². The first kappa shape index (κ1) is 16.6. The molecule has 0 aromatic rings. The lowest BCUT2D eigenvalue weighted by Gasteiger charge is -2.25. The van der Waals surface area contributed by atoms with Gasteiger partial charge in [-0.2, -0.15) is 0 Å². The Morgan fingerprint density at radius 3 is 2.81 bits per heavy atom. The maximum atomic E-state index is 12.3. The highest BCUT2D eigenvalue weighted by molar-refractivity contribution is 5.85. The van der Waals surface area contributed by atoms with E-state index in [4.69, 9.17) is 0 Å². The molecular formula is C15H26ClN3O2. The number of nitrogens with zero attached hydrogens (tertiary/aromatic N) is 1. The third-order valence-electron chi connectivity index (χ3n) is 5.16. The van der Waals surface area contributed by atoms with Gasteiger partial charge in [0.25, 0.3) is 0 Å². The smallest absolute Gasteiger partial charge is 0.223 e. The summed E-state index contributed by atoms with van der Waals surface area (Å²) in [5.74, 6) is 0.639. The fourth-order valence-electron chi connectivity index (χ4n) is 3.81. The van der Waals surface area contributed by atoms with E-state index in [1.54, 1.807) is 0 Å². The average molecular weight is 316 g/mol. The second kappa shape index (κ2) is 6.53. The van der Waals surface area contributed by atoms with Gasteiger partial charge >= 0.3 is 0 Å². The Morgan fingerprint density at radius 1 is 1.48 bits per heavy atom. The zero-order chi connectivity index (χ0) is 14.2. The van der Waals surface area contributed by atoms with Crippen LogP contribution < -0.4 is 10.6 Å². The Labute approximate surface area is 132 Å². The fourth-order valence-corrected chi connectivity index (χ4v) is 3.81. The summed E-state index contributed by atoms with van der Waals surface area (Å²) < 4.78 is 0. The lowest BCUT2D eigenvalue weighted by atomic mass is 9.91. The maximum absolute atomic E-state index is 12.3. The van der Waals surface area contributed by atoms with Crippen LogP contribution in [0.5, 0.6) is 0 Å². The first-order chi connectivity index (χ1) is 9.61. The summed E-state index contributed by atoms with van der Waals surface area (Å²) in [6.07, 6.45) is 4.93. The van der Waals surface area contributed by atoms with Gasteiger partial charge in [-0.1, -0.05) is 0 Å². The van der Waals surface area contributed by atoms with Crippen LogP contribution in [0, 0.1) is 11.3 Å². The van der Waals surface area contributed by atoms with Gasteiger partial charge in [0, 0.05) is 31.5 Å². The first-order valence-electron chi connectivity index (χ1n) is 7.90. The molecule has 2 unspecified atom stereocenters. The Morgan fingerprint density at radius 2 is 2.19 bits per heavy atom. The van der Waals surface area contributed by atoms with Crippen molar-refractivity contribution in [1.82, 2.24) is 15.5 Å². The number of piperidine rings is 1. The zero-order valence-electron chi connectivity index (χ0n) is 12.7. The minimum atomic E-state index is 0. The average Bonchev–Trinajstić information content (AvgIpc) is 2.96. The number of carbonyl (C=O) groups is 2. The molecule has 1 aliphatic carbocycles. The van der Waals surface area contributed by atoms with Crippen molar-refractivity contribution in [1.29, 1.82) is 0 Å². The molecule has 1 spiro atoms. The summed E-state index contributed by atoms with van der Waals surface area (Å²) in [7, 11) is 0. The standard InChI is InChI=1S/C15H25N3O2.ClH/c1-11(10-18-8-2-3-13(18)19)17-14(20)12-9-15(12)4-6-16-7-5-15;/h11-12,16H,2-10H2,1H3,(H,17,20);1H. The van der Waals surface area contributed by atoms with Crippen LogP contribution in [0.3, 0.4) is 0 Å². The van der Waals surface area contributed by atoms with Crippen molar-refractivity contribution in [3.8, 4) is 0 Å². The molecule has 3 aliphatic rings. The predicted octanol–water partition coefficient (Wildman–Crippen LogP) is 0.925. The topological polar surface area (TPSA) is 61.4 Å². The lowest BCUT2D eigenvalue weighted by Crippen LogP contribution is -2.44. The van der Waals surface area contributed by atoms with E-state index in [-0.39, 0.29) is 36.2 Å². The summed E-state index contributed by atoms with van der Waals surface area (Å²) in [6.45, 7) is 5.59. The Balaban J connectivity index is 0.00000161. The lowest BCUT2D eigenvalue weighted by molar-refractivity contribution is -0.129. The minimum Gasteiger partial charge on any atom is -0.352 e. The van der Waals surface area contributed by atoms with E-state index < -0.39 is 0 Å². The van der Waals surface area contributed by atoms with Crippen LogP contribution in [0.15, 0.2) is 0 Å². The molecule has 2 saturated heterocycles. The van der Waals surface area contributed by atoms with Gasteiger partial charge in [0.05, 0.1) is 0 Å². The number of likely N-dealkylation sites (tertiary alicyclic amines) is 1. The Kier molecular flexibility index (Phi) is 5.15. The van der Waals surface area contributed by atoms with Crippen LogP contribution in [-0.4, -0.2) is 48.9 Å². The molecule has 0 aromatic heterocycles. The summed E-state index contributed by atoms with van der Waals surface area (Å²) in [5.41, 5.74) is 0.290. The maximum Gasteiger partial charge on any atom is 0.223 e. The summed E-state index contributed by atoms with van der Waals surface area (Å²) in [6, 6.07) is 0.0592. The molecule has 2 aliphatic heterocycles. The van der Waals surface area contributed by atoms with E-state index in [1.807, 2.05) is 11.8 Å². The number of halogens is 1. The van der Waals surface area contributed by atoms with E-state index in [0.29, 0.717) is 18.4 Å². The number of carbonyl (C=O) groups excluding carboxylic acids is 2. The van der Waals surface area contributed by atoms with Crippen LogP contribution >= 0.6 is 12.4 Å². The molecule has 2 amide bonds. The largest absolute Gasteiger partial charge is 0.352 e. The molecule has 3 rings (SSSR count). The number of hydrogen-bond acceptors (Lipinski definition) is 3. The summed E-state index contributed by atoms with van der Waals surface area (Å²) in [5, 5.41) is 6.47. The molecule has 2 atom stereocenters. The van der Waals surface area contributed by atoms with Crippen molar-refractivity contribution in [2.75, 3.05) is 26.2 Å². The van der Waals surface area contributed by atoms with E-state index >= 15 is 0 Å². The quantitative estimate of drug-likeness (QED) is 0.811. The van der Waals surface area contributed by atoms with E-state index in [2.05, 4.69) is 10.6 Å². The summed E-state index contributed by atoms with van der Waals surface area (Å²) in [4.78, 5) is 25.8. The predicted molar refractivity (Wildman–Crippen MR) is 83.3 cm³/mol. The van der Waals surface area contributed by atoms with Gasteiger partial charge in [-0.25, -0.2) is 0 Å². The van der Waals surface area contributed by atoms with Crippen molar-refractivity contribution < 1.29 is 9.59 Å². The highest BCUT2D eigenvalue weighted by Crippen LogP contribution is 2.58. The van der Waals surface area contributed by atoms with Crippen LogP contribution in [0.2, 0.25) is 0 Å². The molecule has 6 heteroatoms. The fraction of sp³-hybridized carbons (Fsp3) is 0.867. The minimum absolute atomic E-state index is 0. The van der Waals surface area contributed by atoms with E-state index in [0.717, 1.165) is 45.3 Å². The molecule has 2 N–H and O–H groups in total. The first-order valence-corrected chi connectivity index (χ1v) is 7.90. The monoisotopic (exact) mass is 315 g/mol. The van der Waals surface area contributed by atoms with Crippen LogP contribution in [-0.2, 0) is 9.59 Å². The molecule has 5 nitrogen and oxygen atoms in total. The number of hydrogen-bond donors (Lipinski definition) is 2. The van der Waals surface area contributed by atoms with Crippen molar-refractivity contribution in [2.45, 2.75) is 45.1 Å². The third kappa shape index (κ3) is 3.51. The van der Waals surface area contributed by atoms with Gasteiger partial charge in [-0.15, -0.1) is 12.4 Å². The third-order valence-corrected chi connectivity index (χ3v) is 5.16. The Bertz CT molecular complexity index is 410. The molecule has 21 heavy (non-hydrogen) atoms. The van der Waals surface area contributed by atoms with Gasteiger partial charge in [-0.3, -0.25) is 9.59 Å². The highest BCUT2D eigenvalue weighted by Gasteiger charge is 2.57. The molecule has 2 heterocycles. The van der Waals surface area contributed by atoms with Gasteiger partial charge < -0.3 is 15.5 Å². The number of rotatable bonds is 4. The van der Waals surface area contributed by atoms with Crippen LogP contribution in [0.4, 0.5) is 0 Å². The normalized spacial score (nSPS) is 28.1. The van der Waals surface area contributed by atoms with Crippen molar-refractivity contribution in [2.24, 2.45) is 11.3 Å². The SMILES string of the molecule is CC(CN1CCCC1=O)NC(=O)C1CC12CCNCC2.Cl. The second-order valence-electron chi connectivity index (χ2n) is 6.72. The molecule has 3 fully saturated rings. The molecule has 0 radical (unpaired) electrons. The second-order valence-corrected chi connectivity index (χ2v) is 6.72. The zero-order valence-corrected chi connectivity index (χ0v) is 13.5. The Hall–Kier alpha value is -0.810. The van der Waals surface area contributed by atoms with Crippen molar-refractivity contribution >= 4 is 24.2 Å². The van der Waals surface area contributed by atoms with Crippen LogP contribution in [0.1, 0.15) is 39.0 Å². The van der Waals surface area contributed by atoms with Gasteiger partial charge in [-0.05, 0) is 51.1 Å². The van der Waals surface area contributed by atoms with Gasteiger partial charge in [0.15, 0.2) is 0 Å². The van der Waals surface area contributed by atoms with Gasteiger partial charge in [0.1, 0.15) is 0 Å². The number of nitrogens with one attached hydrogen (secondary N) is 2. The van der Waals surface area contributed by atoms with E-state index in [9.17, 15) is 9.59 Å². The van der Waals surface area contributed by atoms with Crippen LogP contribution in [0.25, 0.3) is 0 Å². The van der Waals surface area contributed by atoms with Crippen molar-refractivity contribution in [3.05, 3.63) is 0 Å². The number of amides is 2. The molecule has 0 aromatic carbocycles. The molecular weight excluding hydrogens is 290 g/mol. The highest BCUT2D eigenvalue weighted by atomic mass is 35.5. The van der Waals surface area contributed by atoms with E-state index in [1.165, 1.54) is 0 Å². The molecule has 0 bridgehead atoms. The summed E-state index contributed by atoms with van der Waals surface area (Å²) >= 11 is 0. The van der Waals surface area contributed by atoms with Crippen molar-refractivity contribution in [3.63, 3.8) is 0 Å².